The highest BCUT2D eigenvalue weighted by Gasteiger charge is 2.30. The van der Waals surface area contributed by atoms with Gasteiger partial charge in [-0.25, -0.2) is 0 Å². The zero-order chi connectivity index (χ0) is 11.5. The van der Waals surface area contributed by atoms with E-state index >= 15 is 0 Å². The number of fused-ring (bicyclic) bond motifs is 1. The summed E-state index contributed by atoms with van der Waals surface area (Å²) in [5.41, 5.74) is 1.05. The average molecular weight is 223 g/mol. The first-order chi connectivity index (χ1) is 7.81. The van der Waals surface area contributed by atoms with Gasteiger partial charge in [0.25, 0.3) is 0 Å². The summed E-state index contributed by atoms with van der Waals surface area (Å²) in [6.07, 6.45) is 0. The smallest absolute Gasteiger partial charge is 0.165 e. The maximum absolute atomic E-state index is 9.29. The maximum Gasteiger partial charge on any atom is 0.165 e. The summed E-state index contributed by atoms with van der Waals surface area (Å²) in [4.78, 5) is 0. The van der Waals surface area contributed by atoms with Crippen LogP contribution < -0.4 is 14.8 Å². The second-order valence-corrected chi connectivity index (χ2v) is 3.90. The van der Waals surface area contributed by atoms with E-state index in [-0.39, 0.29) is 18.6 Å². The number of methoxy groups -OCH3 is 1. The normalized spacial score (nSPS) is 23.4. The van der Waals surface area contributed by atoms with Gasteiger partial charge in [-0.15, -0.1) is 0 Å². The molecule has 1 heterocycles. The summed E-state index contributed by atoms with van der Waals surface area (Å²) >= 11 is 0. The number of aliphatic hydroxyl groups is 1. The molecule has 2 atom stereocenters. The van der Waals surface area contributed by atoms with E-state index in [0.717, 1.165) is 17.1 Å². The van der Waals surface area contributed by atoms with Crippen molar-refractivity contribution in [1.82, 2.24) is 5.32 Å². The Morgan fingerprint density at radius 3 is 3.00 bits per heavy atom. The Hall–Kier alpha value is -1.26. The van der Waals surface area contributed by atoms with Gasteiger partial charge in [-0.1, -0.05) is 12.1 Å². The molecule has 4 nitrogen and oxygen atoms in total. The van der Waals surface area contributed by atoms with Crippen molar-refractivity contribution in [1.29, 1.82) is 0 Å². The van der Waals surface area contributed by atoms with E-state index in [2.05, 4.69) is 5.32 Å². The minimum absolute atomic E-state index is 0.0876. The molecule has 1 aromatic carbocycles. The van der Waals surface area contributed by atoms with Crippen molar-refractivity contribution < 1.29 is 14.6 Å². The van der Waals surface area contributed by atoms with Crippen LogP contribution in [0.2, 0.25) is 0 Å². The summed E-state index contributed by atoms with van der Waals surface area (Å²) in [7, 11) is 3.52. The fourth-order valence-electron chi connectivity index (χ4n) is 2.18. The van der Waals surface area contributed by atoms with Crippen LogP contribution >= 0.6 is 0 Å². The minimum Gasteiger partial charge on any atom is -0.493 e. The molecule has 2 N–H and O–H groups in total. The van der Waals surface area contributed by atoms with Crippen LogP contribution in [0.3, 0.4) is 0 Å². The quantitative estimate of drug-likeness (QED) is 0.801. The van der Waals surface area contributed by atoms with Crippen molar-refractivity contribution >= 4 is 0 Å². The van der Waals surface area contributed by atoms with Crippen LogP contribution in [-0.4, -0.2) is 32.5 Å². The Labute approximate surface area is 95.2 Å². The van der Waals surface area contributed by atoms with E-state index in [1.807, 2.05) is 25.2 Å². The summed E-state index contributed by atoms with van der Waals surface area (Å²) in [5.74, 6) is 1.62. The summed E-state index contributed by atoms with van der Waals surface area (Å²) in [5, 5.41) is 12.5. The highest BCUT2D eigenvalue weighted by Crippen LogP contribution is 2.41. The van der Waals surface area contributed by atoms with Gasteiger partial charge in [0.15, 0.2) is 11.5 Å². The monoisotopic (exact) mass is 223 g/mol. The van der Waals surface area contributed by atoms with E-state index in [1.165, 1.54) is 0 Å². The molecule has 0 spiro atoms. The molecule has 1 aliphatic heterocycles. The molecule has 0 bridgehead atoms. The number of aliphatic hydroxyl groups excluding tert-OH is 1. The van der Waals surface area contributed by atoms with Crippen molar-refractivity contribution in [2.45, 2.75) is 6.04 Å². The average Bonchev–Trinajstić information content (AvgIpc) is 2.36. The molecule has 0 aliphatic carbocycles. The predicted molar refractivity (Wildman–Crippen MR) is 60.9 cm³/mol. The van der Waals surface area contributed by atoms with Gasteiger partial charge in [-0.05, 0) is 13.1 Å². The topological polar surface area (TPSA) is 50.7 Å². The lowest BCUT2D eigenvalue weighted by Crippen LogP contribution is -2.35. The standard InChI is InChI=1S/C12H17NO3/c1-13-11-8(6-14)7-16-12-9(11)4-3-5-10(12)15-2/h3-5,8,11,13-14H,6-7H2,1-2H3/t8-,11-/m1/s1. The molecule has 0 unspecified atom stereocenters. The van der Waals surface area contributed by atoms with Crippen LogP contribution in [0.15, 0.2) is 18.2 Å². The number of rotatable bonds is 3. The number of ether oxygens (including phenoxy) is 2. The summed E-state index contributed by atoms with van der Waals surface area (Å²) in [6, 6.07) is 5.93. The van der Waals surface area contributed by atoms with Crippen molar-refractivity contribution in [3.05, 3.63) is 23.8 Å². The number of benzene rings is 1. The van der Waals surface area contributed by atoms with E-state index in [4.69, 9.17) is 9.47 Å². The maximum atomic E-state index is 9.29. The summed E-state index contributed by atoms with van der Waals surface area (Å²) < 4.78 is 10.9. The molecule has 2 rings (SSSR count). The lowest BCUT2D eigenvalue weighted by molar-refractivity contribution is 0.111. The van der Waals surface area contributed by atoms with Gasteiger partial charge in [0.05, 0.1) is 20.3 Å². The molecule has 1 aliphatic rings. The molecule has 0 fully saturated rings. The largest absolute Gasteiger partial charge is 0.493 e. The molecule has 16 heavy (non-hydrogen) atoms. The summed E-state index contributed by atoms with van der Waals surface area (Å²) in [6.45, 7) is 0.623. The fraction of sp³-hybridized carbons (Fsp3) is 0.500. The predicted octanol–water partition coefficient (Wildman–Crippen LogP) is 0.957. The van der Waals surface area contributed by atoms with Gasteiger partial charge in [-0.3, -0.25) is 0 Å². The van der Waals surface area contributed by atoms with Crippen molar-refractivity contribution in [2.75, 3.05) is 27.4 Å². The van der Waals surface area contributed by atoms with Crippen molar-refractivity contribution in [3.8, 4) is 11.5 Å². The molecule has 0 saturated carbocycles. The van der Waals surface area contributed by atoms with E-state index in [1.54, 1.807) is 7.11 Å². The van der Waals surface area contributed by atoms with Gasteiger partial charge in [-0.2, -0.15) is 0 Å². The molecular weight excluding hydrogens is 206 g/mol. The van der Waals surface area contributed by atoms with Crippen molar-refractivity contribution in [3.63, 3.8) is 0 Å². The van der Waals surface area contributed by atoms with Crippen LogP contribution in [0.25, 0.3) is 0 Å². The Bertz CT molecular complexity index is 367. The van der Waals surface area contributed by atoms with Crippen LogP contribution in [-0.2, 0) is 0 Å². The van der Waals surface area contributed by atoms with E-state index in [0.29, 0.717) is 6.61 Å². The molecular formula is C12H17NO3. The molecule has 0 radical (unpaired) electrons. The molecule has 4 heteroatoms. The van der Waals surface area contributed by atoms with Gasteiger partial charge in [0.2, 0.25) is 0 Å². The Kier molecular flexibility index (Phi) is 3.31. The third-order valence-electron chi connectivity index (χ3n) is 3.02. The number of hydrogen-bond donors (Lipinski definition) is 2. The van der Waals surface area contributed by atoms with Gasteiger partial charge in [0.1, 0.15) is 0 Å². The van der Waals surface area contributed by atoms with Crippen LogP contribution in [0.1, 0.15) is 11.6 Å². The number of nitrogens with one attached hydrogen (secondary N) is 1. The van der Waals surface area contributed by atoms with E-state index in [9.17, 15) is 5.11 Å². The highest BCUT2D eigenvalue weighted by atomic mass is 16.5. The van der Waals surface area contributed by atoms with Crippen LogP contribution in [0.4, 0.5) is 0 Å². The van der Waals surface area contributed by atoms with Gasteiger partial charge < -0.3 is 19.9 Å². The van der Waals surface area contributed by atoms with Gasteiger partial charge >= 0.3 is 0 Å². The third kappa shape index (κ3) is 1.74. The second-order valence-electron chi connectivity index (χ2n) is 3.90. The Morgan fingerprint density at radius 2 is 2.38 bits per heavy atom. The Balaban J connectivity index is 2.41. The molecule has 1 aromatic rings. The lowest BCUT2D eigenvalue weighted by atomic mass is 9.91. The molecule has 0 saturated heterocycles. The number of hydrogen-bond acceptors (Lipinski definition) is 4. The zero-order valence-corrected chi connectivity index (χ0v) is 9.56. The highest BCUT2D eigenvalue weighted by molar-refractivity contribution is 5.49. The first-order valence-corrected chi connectivity index (χ1v) is 5.39. The van der Waals surface area contributed by atoms with Gasteiger partial charge in [0, 0.05) is 17.5 Å². The first kappa shape index (κ1) is 11.2. The third-order valence-corrected chi connectivity index (χ3v) is 3.02. The van der Waals surface area contributed by atoms with E-state index < -0.39 is 0 Å². The SMILES string of the molecule is CN[C@H]1c2cccc(OC)c2OC[C@H]1CO. The minimum atomic E-state index is 0.0876. The second kappa shape index (κ2) is 4.72. The van der Waals surface area contributed by atoms with Crippen LogP contribution in [0, 0.1) is 5.92 Å². The lowest BCUT2D eigenvalue weighted by Gasteiger charge is -2.33. The van der Waals surface area contributed by atoms with Crippen molar-refractivity contribution in [2.24, 2.45) is 5.92 Å². The fourth-order valence-corrected chi connectivity index (χ4v) is 2.18. The molecule has 0 amide bonds. The van der Waals surface area contributed by atoms with Crippen LogP contribution in [0.5, 0.6) is 11.5 Å². The number of para-hydroxylation sites is 1. The zero-order valence-electron chi connectivity index (χ0n) is 9.56. The Morgan fingerprint density at radius 1 is 1.56 bits per heavy atom. The first-order valence-electron chi connectivity index (χ1n) is 5.39. The molecule has 88 valence electrons. The molecule has 0 aromatic heterocycles.